The molecule has 2 N–H and O–H groups in total. The number of nitrogens with one attached hydrogen (secondary N) is 2. The lowest BCUT2D eigenvalue weighted by Crippen LogP contribution is -2.41. The van der Waals surface area contributed by atoms with Gasteiger partial charge in [-0.25, -0.2) is 19.4 Å². The summed E-state index contributed by atoms with van der Waals surface area (Å²) in [5, 5.41) is 7.85. The number of carbonyl (C=O) groups excluding carboxylic acids is 1. The average Bonchev–Trinajstić information content (AvgIpc) is 3.50. The maximum Gasteiger partial charge on any atom is 0.281 e. The Kier molecular flexibility index (Phi) is 8.13. The SMILES string of the molecule is CC1(C)CC2CN1c1nc(-n3ccc(OCCC4CCCCC45CC5)n3)ccc1C(=O)NS(=O)(=O)c1cccc(n1)NC[Si](C)(C)C2. The summed E-state index contributed by atoms with van der Waals surface area (Å²) in [6.45, 7) is 10.4. The number of sulfonamides is 1. The summed E-state index contributed by atoms with van der Waals surface area (Å²) in [6.07, 6.45) is 12.7. The molecule has 5 heterocycles. The molecule has 2 aliphatic heterocycles. The van der Waals surface area contributed by atoms with E-state index >= 15 is 0 Å². The van der Waals surface area contributed by atoms with Crippen LogP contribution in [0.25, 0.3) is 5.82 Å². The van der Waals surface area contributed by atoms with Gasteiger partial charge in [-0.1, -0.05) is 38.0 Å². The summed E-state index contributed by atoms with van der Waals surface area (Å²) in [5.41, 5.74) is 0.473. The quantitative estimate of drug-likeness (QED) is 0.322. The number of ether oxygens (including phenoxy) is 1. The van der Waals surface area contributed by atoms with Crippen LogP contribution in [0.1, 0.15) is 75.6 Å². The van der Waals surface area contributed by atoms with Gasteiger partial charge in [0, 0.05) is 30.5 Å². The highest BCUT2D eigenvalue weighted by Gasteiger charge is 2.49. The Morgan fingerprint density at radius 3 is 2.70 bits per heavy atom. The largest absolute Gasteiger partial charge is 0.477 e. The van der Waals surface area contributed by atoms with Gasteiger partial charge < -0.3 is 15.0 Å². The number of hydrogen-bond acceptors (Lipinski definition) is 9. The number of carbonyl (C=O) groups is 1. The Morgan fingerprint density at radius 2 is 1.89 bits per heavy atom. The molecule has 4 aliphatic rings. The van der Waals surface area contributed by atoms with Gasteiger partial charge in [0.15, 0.2) is 10.8 Å². The Bertz CT molecular complexity index is 1770. The molecule has 2 saturated carbocycles. The second-order valence-corrected chi connectivity index (χ2v) is 22.3. The van der Waals surface area contributed by atoms with Gasteiger partial charge in [0.2, 0.25) is 5.88 Å². The second kappa shape index (κ2) is 11.9. The van der Waals surface area contributed by atoms with E-state index in [0.29, 0.717) is 41.3 Å². The van der Waals surface area contributed by atoms with Crippen LogP contribution < -0.4 is 19.7 Å². The summed E-state index contributed by atoms with van der Waals surface area (Å²) < 4.78 is 36.8. The van der Waals surface area contributed by atoms with Crippen LogP contribution in [0.5, 0.6) is 5.88 Å². The molecule has 1 saturated heterocycles. The molecule has 7 rings (SSSR count). The molecular formula is C34H47N7O4SSi. The van der Waals surface area contributed by atoms with Crippen LogP contribution in [0.15, 0.2) is 47.6 Å². The van der Waals surface area contributed by atoms with Crippen LogP contribution >= 0.6 is 0 Å². The zero-order valence-corrected chi connectivity index (χ0v) is 29.8. The van der Waals surface area contributed by atoms with Gasteiger partial charge in [-0.3, -0.25) is 4.79 Å². The van der Waals surface area contributed by atoms with Crippen LogP contribution in [0, 0.1) is 17.3 Å². The number of aromatic nitrogens is 4. The third-order valence-electron chi connectivity index (χ3n) is 10.9. The van der Waals surface area contributed by atoms with Crippen molar-refractivity contribution in [1.29, 1.82) is 0 Å². The fourth-order valence-corrected chi connectivity index (χ4v) is 12.0. The first-order valence-corrected chi connectivity index (χ1v) is 22.0. The van der Waals surface area contributed by atoms with Gasteiger partial charge in [0.05, 0.1) is 20.2 Å². The molecule has 2 aliphatic carbocycles. The van der Waals surface area contributed by atoms with Gasteiger partial charge in [0.25, 0.3) is 15.9 Å². The molecular weight excluding hydrogens is 631 g/mol. The third kappa shape index (κ3) is 6.65. The Labute approximate surface area is 279 Å². The van der Waals surface area contributed by atoms with E-state index in [-0.39, 0.29) is 16.1 Å². The van der Waals surface area contributed by atoms with E-state index < -0.39 is 24.0 Å². The Hall–Kier alpha value is -3.45. The summed E-state index contributed by atoms with van der Waals surface area (Å²) in [6, 6.07) is 11.1. The minimum absolute atomic E-state index is 0.192. The predicted molar refractivity (Wildman–Crippen MR) is 184 cm³/mol. The molecule has 2 unspecified atom stereocenters. The van der Waals surface area contributed by atoms with Crippen LogP contribution in [-0.2, 0) is 10.0 Å². The Balaban J connectivity index is 1.18. The lowest BCUT2D eigenvalue weighted by molar-refractivity contribution is 0.0981. The fourth-order valence-electron chi connectivity index (χ4n) is 8.39. The number of fused-ring (bicyclic) bond motifs is 6. The van der Waals surface area contributed by atoms with E-state index in [4.69, 9.17) is 9.72 Å². The van der Waals surface area contributed by atoms with Crippen molar-refractivity contribution in [2.75, 3.05) is 29.5 Å². The number of anilines is 2. The molecule has 0 radical (unpaired) electrons. The highest BCUT2D eigenvalue weighted by molar-refractivity contribution is 7.90. The van der Waals surface area contributed by atoms with E-state index in [2.05, 4.69) is 52.0 Å². The molecule has 3 fully saturated rings. The van der Waals surface area contributed by atoms with Crippen LogP contribution in [0.2, 0.25) is 19.1 Å². The first-order valence-electron chi connectivity index (χ1n) is 17.1. The summed E-state index contributed by atoms with van der Waals surface area (Å²) in [7, 11) is -6.01. The van der Waals surface area contributed by atoms with Crippen molar-refractivity contribution < 1.29 is 17.9 Å². The zero-order chi connectivity index (χ0) is 33.0. The van der Waals surface area contributed by atoms with E-state index in [9.17, 15) is 13.2 Å². The van der Waals surface area contributed by atoms with E-state index in [1.807, 2.05) is 12.3 Å². The lowest BCUT2D eigenvalue weighted by Gasteiger charge is -2.34. The van der Waals surface area contributed by atoms with Crippen molar-refractivity contribution in [2.45, 2.75) is 94.9 Å². The van der Waals surface area contributed by atoms with Gasteiger partial charge in [0.1, 0.15) is 11.6 Å². The number of rotatable bonds is 5. The minimum Gasteiger partial charge on any atom is -0.477 e. The number of pyridine rings is 2. The maximum atomic E-state index is 13.8. The van der Waals surface area contributed by atoms with Gasteiger partial charge in [-0.15, -0.1) is 5.10 Å². The lowest BCUT2D eigenvalue weighted by atomic mass is 9.75. The Morgan fingerprint density at radius 1 is 1.06 bits per heavy atom. The fraction of sp³-hybridized carbons (Fsp3) is 0.588. The molecule has 11 nitrogen and oxygen atoms in total. The van der Waals surface area contributed by atoms with Crippen molar-refractivity contribution in [3.63, 3.8) is 0 Å². The molecule has 4 bridgehead atoms. The predicted octanol–water partition coefficient (Wildman–Crippen LogP) is 5.80. The van der Waals surface area contributed by atoms with E-state index in [1.165, 1.54) is 44.6 Å². The first kappa shape index (κ1) is 32.1. The maximum absolute atomic E-state index is 13.8. The second-order valence-electron chi connectivity index (χ2n) is 15.6. The highest BCUT2D eigenvalue weighted by Crippen LogP contribution is 2.60. The van der Waals surface area contributed by atoms with Crippen molar-refractivity contribution in [1.82, 2.24) is 24.5 Å². The molecule has 47 heavy (non-hydrogen) atoms. The zero-order valence-electron chi connectivity index (χ0n) is 28.0. The third-order valence-corrected chi connectivity index (χ3v) is 14.9. The van der Waals surface area contributed by atoms with Crippen LogP contribution in [0.4, 0.5) is 11.6 Å². The molecule has 13 heteroatoms. The molecule has 0 aromatic carbocycles. The van der Waals surface area contributed by atoms with Crippen molar-refractivity contribution >= 4 is 35.6 Å². The number of amides is 1. The molecule has 2 atom stereocenters. The van der Waals surface area contributed by atoms with Crippen LogP contribution in [-0.4, -0.2) is 67.0 Å². The summed E-state index contributed by atoms with van der Waals surface area (Å²) >= 11 is 0. The molecule has 1 amide bonds. The topological polar surface area (TPSA) is 131 Å². The average molecular weight is 678 g/mol. The number of nitrogens with zero attached hydrogens (tertiary/aromatic N) is 5. The van der Waals surface area contributed by atoms with Crippen molar-refractivity contribution in [3.8, 4) is 11.7 Å². The molecule has 3 aromatic rings. The smallest absolute Gasteiger partial charge is 0.281 e. The van der Waals surface area contributed by atoms with E-state index in [1.54, 1.807) is 28.9 Å². The van der Waals surface area contributed by atoms with Crippen molar-refractivity contribution in [2.24, 2.45) is 17.3 Å². The normalized spacial score (nSPS) is 25.5. The molecule has 252 valence electrons. The van der Waals surface area contributed by atoms with Gasteiger partial charge in [-0.2, -0.15) is 8.42 Å². The van der Waals surface area contributed by atoms with Gasteiger partial charge in [-0.05, 0) is 93.9 Å². The highest BCUT2D eigenvalue weighted by atomic mass is 32.2. The monoisotopic (exact) mass is 677 g/mol. The first-order chi connectivity index (χ1) is 22.3. The standard InChI is InChI=1S/C34H47N7O4SSi/c1-33(2)20-24-21-40(33)31-26(32(42)39-46(43,44)30-10-7-9-27(36-30)35-23-47(3,4)22-24)11-12-28(37-31)41-18-13-29(38-41)45-19-14-25-8-5-6-15-34(25)16-17-34/h7,9-13,18,24-25H,5-6,8,14-17,19-23H2,1-4H3,(H,35,36)(H,39,42). The number of hydrogen-bond donors (Lipinski definition) is 2. The van der Waals surface area contributed by atoms with E-state index in [0.717, 1.165) is 37.5 Å². The molecule has 3 aromatic heterocycles. The summed E-state index contributed by atoms with van der Waals surface area (Å²) in [4.78, 5) is 25.3. The van der Waals surface area contributed by atoms with Crippen molar-refractivity contribution in [3.05, 3.63) is 48.2 Å². The van der Waals surface area contributed by atoms with Crippen LogP contribution in [0.3, 0.4) is 0 Å². The minimum atomic E-state index is -4.24. The molecule has 1 spiro atoms. The van der Waals surface area contributed by atoms with Gasteiger partial charge >= 0.3 is 0 Å². The summed E-state index contributed by atoms with van der Waals surface area (Å²) in [5.74, 6) is 2.41.